The fraction of sp³-hybridized carbons (Fsp3) is 0.432. The lowest BCUT2D eigenvalue weighted by atomic mass is 10.1. The molecule has 0 radical (unpaired) electrons. The van der Waals surface area contributed by atoms with Crippen molar-refractivity contribution >= 4 is 63.5 Å². The fourth-order valence-electron chi connectivity index (χ4n) is 8.41. The minimum atomic E-state index is -0.691. The summed E-state index contributed by atoms with van der Waals surface area (Å²) in [5.41, 5.74) is 15.8. The minimum Gasteiger partial charge on any atom is -0.491 e. The highest BCUT2D eigenvalue weighted by Crippen LogP contribution is 2.39. The summed E-state index contributed by atoms with van der Waals surface area (Å²) in [6.45, 7) is 11.1. The third-order valence-electron chi connectivity index (χ3n) is 11.5. The van der Waals surface area contributed by atoms with Crippen LogP contribution >= 0.6 is 0 Å². The maximum Gasteiger partial charge on any atom is 0.276 e. The number of benzene rings is 2. The van der Waals surface area contributed by atoms with Gasteiger partial charge in [0.1, 0.15) is 40.5 Å². The number of nitrogens with zero attached hydrogens (tertiary/aromatic N) is 8. The monoisotopic (exact) mass is 906 g/mol. The van der Waals surface area contributed by atoms with E-state index >= 15 is 0 Å². The molecule has 0 aliphatic carbocycles. The summed E-state index contributed by atoms with van der Waals surface area (Å²) in [6.07, 6.45) is 1.69. The van der Waals surface area contributed by atoms with Crippen LogP contribution in [0.25, 0.3) is 22.1 Å². The molecule has 5 amide bonds. The molecule has 8 rings (SSSR count). The van der Waals surface area contributed by atoms with Gasteiger partial charge in [-0.3, -0.25) is 44.0 Å². The number of hydrogen-bond acceptors (Lipinski definition) is 13. The molecule has 0 bridgehead atoms. The van der Waals surface area contributed by atoms with Crippen LogP contribution in [-0.2, 0) is 29.2 Å². The average molecular weight is 907 g/mol. The van der Waals surface area contributed by atoms with Gasteiger partial charge in [0.15, 0.2) is 0 Å². The number of carbonyl (C=O) groups is 5. The molecular formula is C44H54N14O8. The van der Waals surface area contributed by atoms with Crippen molar-refractivity contribution in [3.05, 3.63) is 70.3 Å². The van der Waals surface area contributed by atoms with Crippen LogP contribution in [0.4, 0.5) is 11.9 Å². The van der Waals surface area contributed by atoms with Crippen molar-refractivity contribution in [2.75, 3.05) is 50.2 Å². The summed E-state index contributed by atoms with van der Waals surface area (Å²) in [7, 11) is 0. The number of nitrogens with two attached hydrogens (primary N) is 2. The van der Waals surface area contributed by atoms with Gasteiger partial charge in [0.2, 0.25) is 29.6 Å². The van der Waals surface area contributed by atoms with Crippen LogP contribution in [0.3, 0.4) is 0 Å². The van der Waals surface area contributed by atoms with E-state index in [4.69, 9.17) is 35.6 Å². The lowest BCUT2D eigenvalue weighted by Crippen LogP contribution is -2.44. The Balaban J connectivity index is 1.07. The maximum atomic E-state index is 13.9. The van der Waals surface area contributed by atoms with Gasteiger partial charge < -0.3 is 45.4 Å². The van der Waals surface area contributed by atoms with Crippen molar-refractivity contribution in [1.82, 2.24) is 49.3 Å². The third kappa shape index (κ3) is 9.54. The number of aryl methyl sites for hydroxylation is 5. The quantitative estimate of drug-likeness (QED) is 0.0639. The van der Waals surface area contributed by atoms with E-state index in [2.05, 4.69) is 31.5 Å². The van der Waals surface area contributed by atoms with Crippen LogP contribution in [0.5, 0.6) is 11.5 Å². The Hall–Kier alpha value is -7.33. The van der Waals surface area contributed by atoms with Gasteiger partial charge in [-0.2, -0.15) is 10.2 Å². The topological polar surface area (TPSA) is 284 Å². The number of morpholine rings is 1. The van der Waals surface area contributed by atoms with Crippen LogP contribution in [0.2, 0.25) is 0 Å². The number of hydrogen-bond donors (Lipinski definition) is 6. The molecule has 0 spiro atoms. The average Bonchev–Trinajstić information content (AvgIpc) is 4.07. The first-order valence-electron chi connectivity index (χ1n) is 22.1. The number of primary amides is 2. The summed E-state index contributed by atoms with van der Waals surface area (Å²) in [4.78, 5) is 74.9. The van der Waals surface area contributed by atoms with Crippen molar-refractivity contribution in [2.45, 2.75) is 85.1 Å². The largest absolute Gasteiger partial charge is 0.491 e. The summed E-state index contributed by atoms with van der Waals surface area (Å²) in [5, 5.41) is 21.0. The third-order valence-corrected chi connectivity index (χ3v) is 11.5. The van der Waals surface area contributed by atoms with E-state index in [1.54, 1.807) is 51.2 Å². The molecule has 66 heavy (non-hydrogen) atoms. The molecule has 22 nitrogen and oxygen atoms in total. The van der Waals surface area contributed by atoms with Gasteiger partial charge in [0, 0.05) is 56.3 Å². The van der Waals surface area contributed by atoms with Gasteiger partial charge in [0.05, 0.1) is 48.3 Å². The number of aromatic nitrogens is 8. The Kier molecular flexibility index (Phi) is 13.3. The van der Waals surface area contributed by atoms with E-state index in [1.165, 1.54) is 6.07 Å². The molecule has 22 heteroatoms. The lowest BCUT2D eigenvalue weighted by molar-refractivity contribution is -0.122. The number of anilines is 2. The molecule has 2 aromatic carbocycles. The van der Waals surface area contributed by atoms with Crippen LogP contribution in [0, 0.1) is 13.8 Å². The normalized spacial score (nSPS) is 15.7. The van der Waals surface area contributed by atoms with Crippen LogP contribution < -0.4 is 42.2 Å². The minimum absolute atomic E-state index is 0.0407. The molecule has 348 valence electrons. The molecule has 0 saturated carbocycles. The van der Waals surface area contributed by atoms with E-state index in [0.29, 0.717) is 116 Å². The number of nitrogens with one attached hydrogen (secondary N) is 4. The summed E-state index contributed by atoms with van der Waals surface area (Å²) in [5.74, 6) is -1.19. The number of amides is 5. The Labute approximate surface area is 378 Å². The molecule has 8 N–H and O–H groups in total. The van der Waals surface area contributed by atoms with E-state index in [9.17, 15) is 24.0 Å². The molecule has 2 aliphatic heterocycles. The highest BCUT2D eigenvalue weighted by atomic mass is 16.5. The highest BCUT2D eigenvalue weighted by molar-refractivity contribution is 6.05. The van der Waals surface area contributed by atoms with E-state index in [-0.39, 0.29) is 66.5 Å². The van der Waals surface area contributed by atoms with Gasteiger partial charge in [-0.25, -0.2) is 9.97 Å². The number of imidazole rings is 2. The van der Waals surface area contributed by atoms with Crippen molar-refractivity contribution in [2.24, 2.45) is 11.5 Å². The zero-order valence-electron chi connectivity index (χ0n) is 37.3. The van der Waals surface area contributed by atoms with Gasteiger partial charge in [0.25, 0.3) is 11.8 Å². The predicted octanol–water partition coefficient (Wildman–Crippen LogP) is 2.82. The number of carbonyl (C=O) groups excluding carboxylic acids is 5. The molecule has 0 unspecified atom stereocenters. The number of fused-ring (bicyclic) bond motifs is 1. The fourth-order valence-corrected chi connectivity index (χ4v) is 8.41. The molecule has 6 aromatic rings. The molecule has 1 saturated heterocycles. The Morgan fingerprint density at radius 1 is 0.848 bits per heavy atom. The Bertz CT molecular complexity index is 2830. The second-order valence-corrected chi connectivity index (χ2v) is 16.3. The summed E-state index contributed by atoms with van der Waals surface area (Å²) < 4.78 is 24.8. The summed E-state index contributed by atoms with van der Waals surface area (Å²) in [6, 6.07) is 9.25. The van der Waals surface area contributed by atoms with Gasteiger partial charge in [-0.1, -0.05) is 0 Å². The standard InChI is InChI=1S/C44H54N14O8/c1-5-56-32(15-24(3)53-56)41(62)51-43-50-37-31(18-27(40(46)61)19-34(37)65-13-8-10-48-36(59)21-28-22-64-14-11-47-28)55(43)12-7-9-29-23-66-35-20-26(39(45)60)17-30-38(35)58(29)44(49-30)52-42(63)33-16-25(4)54-57(33)6-2/h15-20,28-29,47H,5-14,21-23H2,1-4H3,(H2,45,60)(H2,46,61)(H,48,59)(H,49,52,63)(H,50,51,62)/t28-,29-/m0/s1. The van der Waals surface area contributed by atoms with Crippen LogP contribution in [0.1, 0.15) is 98.7 Å². The summed E-state index contributed by atoms with van der Waals surface area (Å²) >= 11 is 0. The second kappa shape index (κ2) is 19.4. The van der Waals surface area contributed by atoms with Crippen LogP contribution in [0.15, 0.2) is 36.4 Å². The van der Waals surface area contributed by atoms with Gasteiger partial charge in [-0.05, 0) is 83.4 Å². The van der Waals surface area contributed by atoms with Crippen molar-refractivity contribution in [3.63, 3.8) is 0 Å². The van der Waals surface area contributed by atoms with Gasteiger partial charge in [-0.15, -0.1) is 0 Å². The second-order valence-electron chi connectivity index (χ2n) is 16.3. The molecule has 2 aliphatic rings. The Morgan fingerprint density at radius 3 is 2.18 bits per heavy atom. The molecule has 6 heterocycles. The molecule has 2 atom stereocenters. The number of rotatable bonds is 19. The molecule has 1 fully saturated rings. The Morgan fingerprint density at radius 2 is 1.53 bits per heavy atom. The molecular weight excluding hydrogens is 853 g/mol. The predicted molar refractivity (Wildman–Crippen MR) is 242 cm³/mol. The maximum absolute atomic E-state index is 13.9. The lowest BCUT2D eigenvalue weighted by Gasteiger charge is -2.27. The zero-order chi connectivity index (χ0) is 46.6. The van der Waals surface area contributed by atoms with E-state index in [0.717, 1.165) is 0 Å². The smallest absolute Gasteiger partial charge is 0.276 e. The SMILES string of the molecule is CCn1nc(C)cc1C(=O)Nc1nc2c(OCCCNC(=O)C[C@H]3COCCN3)cc(C(N)=O)cc2n1CCC[C@H]1COc2cc(C(N)=O)cc3nc(NC(=O)c4cc(C)nn4CC)n1c23. The first-order valence-corrected chi connectivity index (χ1v) is 22.1. The number of ether oxygens (including phenoxy) is 3. The van der Waals surface area contributed by atoms with Crippen molar-refractivity contribution in [1.29, 1.82) is 0 Å². The highest BCUT2D eigenvalue weighted by Gasteiger charge is 2.30. The molecule has 4 aromatic heterocycles. The van der Waals surface area contributed by atoms with Gasteiger partial charge >= 0.3 is 0 Å². The first kappa shape index (κ1) is 45.2. The van der Waals surface area contributed by atoms with Crippen molar-refractivity contribution < 1.29 is 38.2 Å². The van der Waals surface area contributed by atoms with E-state index in [1.807, 2.05) is 25.3 Å². The van der Waals surface area contributed by atoms with Crippen molar-refractivity contribution in [3.8, 4) is 11.5 Å². The first-order chi connectivity index (χ1) is 31.8. The van der Waals surface area contributed by atoms with Crippen LogP contribution in [-0.4, -0.2) is 114 Å². The zero-order valence-corrected chi connectivity index (χ0v) is 37.3. The van der Waals surface area contributed by atoms with E-state index < -0.39 is 23.6 Å².